The van der Waals surface area contributed by atoms with E-state index in [9.17, 15) is 13.2 Å². The Kier molecular flexibility index (Phi) is 5.13. The molecule has 1 amide bonds. The van der Waals surface area contributed by atoms with E-state index in [4.69, 9.17) is 4.74 Å². The quantitative estimate of drug-likeness (QED) is 0.798. The van der Waals surface area contributed by atoms with Gasteiger partial charge in [0.2, 0.25) is 0 Å². The Balaban J connectivity index is 1.58. The molecule has 1 atom stereocenters. The summed E-state index contributed by atoms with van der Waals surface area (Å²) in [7, 11) is -3.04. The highest BCUT2D eigenvalue weighted by Gasteiger charge is 2.34. The number of anilines is 1. The van der Waals surface area contributed by atoms with Crippen LogP contribution in [0.1, 0.15) is 47.9 Å². The summed E-state index contributed by atoms with van der Waals surface area (Å²) in [5.74, 6) is 2.90. The van der Waals surface area contributed by atoms with Gasteiger partial charge in [0, 0.05) is 22.6 Å². The highest BCUT2D eigenvalue weighted by molar-refractivity contribution is 7.98. The molecule has 9 heteroatoms. The fourth-order valence-electron chi connectivity index (χ4n) is 3.53. The van der Waals surface area contributed by atoms with E-state index in [1.165, 1.54) is 0 Å². The summed E-state index contributed by atoms with van der Waals surface area (Å²) >= 11 is 1.74. The third-order valence-corrected chi connectivity index (χ3v) is 7.57. The zero-order valence-electron chi connectivity index (χ0n) is 15.8. The summed E-state index contributed by atoms with van der Waals surface area (Å²) in [6.07, 6.45) is 0.594. The van der Waals surface area contributed by atoms with Crippen LogP contribution < -0.4 is 10.1 Å². The van der Waals surface area contributed by atoms with E-state index in [2.05, 4.69) is 10.4 Å². The second-order valence-corrected chi connectivity index (χ2v) is 10.6. The maximum atomic E-state index is 12.8. The Hall–Kier alpha value is -2.00. The molecule has 2 aliphatic rings. The fraction of sp³-hybridized carbons (Fsp3) is 0.474. The highest BCUT2D eigenvalue weighted by Crippen LogP contribution is 2.38. The zero-order chi connectivity index (χ0) is 19.9. The Labute approximate surface area is 168 Å². The van der Waals surface area contributed by atoms with Crippen molar-refractivity contribution in [2.75, 3.05) is 16.8 Å². The third kappa shape index (κ3) is 3.91. The van der Waals surface area contributed by atoms with Crippen LogP contribution >= 0.6 is 11.8 Å². The standard InChI is InChI=1S/C19H23N3O4S2/c1-12(2)26-15-5-3-13(4-6-15)19(23)20-18-16-9-27-10-17(16)21-22(18)14-7-8-28(24,25)11-14/h3-6,12,14H,7-11H2,1-2H3,(H,20,23). The SMILES string of the molecule is CC(C)Oc1ccc(C(=O)Nc2c3c(nn2C2CCS(=O)(=O)C2)CSC3)cc1. The van der Waals surface area contributed by atoms with Crippen LogP contribution in [0, 0.1) is 0 Å². The molecule has 0 saturated carbocycles. The van der Waals surface area contributed by atoms with Gasteiger partial charge in [0.05, 0.1) is 29.3 Å². The summed E-state index contributed by atoms with van der Waals surface area (Å²) in [4.78, 5) is 12.8. The van der Waals surface area contributed by atoms with Crippen LogP contribution in [-0.4, -0.2) is 41.7 Å². The average molecular weight is 422 g/mol. The fourth-order valence-corrected chi connectivity index (χ4v) is 6.26. The summed E-state index contributed by atoms with van der Waals surface area (Å²) < 4.78 is 31.2. The van der Waals surface area contributed by atoms with E-state index in [0.717, 1.165) is 22.8 Å². The molecule has 2 aliphatic heterocycles. The normalized spacial score (nSPS) is 20.3. The summed E-state index contributed by atoms with van der Waals surface area (Å²) in [5.41, 5.74) is 2.45. The van der Waals surface area contributed by atoms with Crippen molar-refractivity contribution >= 4 is 33.3 Å². The topological polar surface area (TPSA) is 90.3 Å². The van der Waals surface area contributed by atoms with Gasteiger partial charge in [-0.05, 0) is 44.5 Å². The lowest BCUT2D eigenvalue weighted by Crippen LogP contribution is -2.20. The Morgan fingerprint density at radius 3 is 2.68 bits per heavy atom. The van der Waals surface area contributed by atoms with Crippen molar-refractivity contribution in [1.82, 2.24) is 9.78 Å². The summed E-state index contributed by atoms with van der Waals surface area (Å²) in [6.45, 7) is 3.90. The van der Waals surface area contributed by atoms with Gasteiger partial charge in [-0.25, -0.2) is 13.1 Å². The number of aromatic nitrogens is 2. The van der Waals surface area contributed by atoms with Crippen molar-refractivity contribution in [1.29, 1.82) is 0 Å². The largest absolute Gasteiger partial charge is 0.491 e. The predicted octanol–water partition coefficient (Wildman–Crippen LogP) is 3.03. The first kappa shape index (κ1) is 19.3. The monoisotopic (exact) mass is 421 g/mol. The average Bonchev–Trinajstić information content (AvgIpc) is 3.30. The van der Waals surface area contributed by atoms with E-state index < -0.39 is 9.84 Å². The van der Waals surface area contributed by atoms with Crippen LogP contribution in [0.4, 0.5) is 5.82 Å². The lowest BCUT2D eigenvalue weighted by molar-refractivity contribution is 0.102. The van der Waals surface area contributed by atoms with Gasteiger partial charge in [0.25, 0.3) is 5.91 Å². The van der Waals surface area contributed by atoms with Gasteiger partial charge >= 0.3 is 0 Å². The third-order valence-electron chi connectivity index (χ3n) is 4.85. The maximum absolute atomic E-state index is 12.8. The number of hydrogen-bond acceptors (Lipinski definition) is 6. The molecule has 28 heavy (non-hydrogen) atoms. The lowest BCUT2D eigenvalue weighted by Gasteiger charge is -2.15. The molecule has 0 spiro atoms. The summed E-state index contributed by atoms with van der Waals surface area (Å²) in [5, 5.41) is 7.61. The van der Waals surface area contributed by atoms with E-state index in [1.807, 2.05) is 13.8 Å². The van der Waals surface area contributed by atoms with Crippen molar-refractivity contribution in [2.24, 2.45) is 0 Å². The number of fused-ring (bicyclic) bond motifs is 1. The molecule has 1 N–H and O–H groups in total. The number of carbonyl (C=O) groups is 1. The second kappa shape index (κ2) is 7.44. The molecular weight excluding hydrogens is 398 g/mol. The van der Waals surface area contributed by atoms with Crippen molar-refractivity contribution < 1.29 is 17.9 Å². The first-order valence-electron chi connectivity index (χ1n) is 9.29. The Morgan fingerprint density at radius 1 is 1.29 bits per heavy atom. The van der Waals surface area contributed by atoms with Gasteiger partial charge in [0.15, 0.2) is 9.84 Å². The highest BCUT2D eigenvalue weighted by atomic mass is 32.2. The Morgan fingerprint density at radius 2 is 2.04 bits per heavy atom. The molecule has 1 aromatic heterocycles. The molecule has 2 aromatic rings. The molecule has 1 fully saturated rings. The maximum Gasteiger partial charge on any atom is 0.256 e. The van der Waals surface area contributed by atoms with Crippen molar-refractivity contribution in [2.45, 2.75) is 43.9 Å². The number of nitrogens with one attached hydrogen (secondary N) is 1. The van der Waals surface area contributed by atoms with Gasteiger partial charge in [-0.15, -0.1) is 0 Å². The molecule has 0 aliphatic carbocycles. The van der Waals surface area contributed by atoms with E-state index in [0.29, 0.717) is 23.6 Å². The van der Waals surface area contributed by atoms with Crippen molar-refractivity contribution in [3.05, 3.63) is 41.1 Å². The summed E-state index contributed by atoms with van der Waals surface area (Å²) in [6, 6.07) is 6.77. The van der Waals surface area contributed by atoms with E-state index in [-0.39, 0.29) is 29.6 Å². The number of thioether (sulfide) groups is 1. The molecule has 0 radical (unpaired) electrons. The number of nitrogens with zero attached hydrogens (tertiary/aromatic N) is 2. The molecule has 0 bridgehead atoms. The molecule has 3 heterocycles. The molecular formula is C19H23N3O4S2. The molecule has 1 unspecified atom stereocenters. The van der Waals surface area contributed by atoms with Crippen LogP contribution in [0.25, 0.3) is 0 Å². The van der Waals surface area contributed by atoms with Crippen molar-refractivity contribution in [3.63, 3.8) is 0 Å². The van der Waals surface area contributed by atoms with Gasteiger partial charge < -0.3 is 10.1 Å². The number of rotatable bonds is 5. The first-order chi connectivity index (χ1) is 13.3. The van der Waals surface area contributed by atoms with E-state index in [1.54, 1.807) is 40.7 Å². The van der Waals surface area contributed by atoms with Gasteiger partial charge in [-0.2, -0.15) is 16.9 Å². The van der Waals surface area contributed by atoms with Crippen LogP contribution in [0.15, 0.2) is 24.3 Å². The molecule has 1 saturated heterocycles. The lowest BCUT2D eigenvalue weighted by atomic mass is 10.2. The van der Waals surface area contributed by atoms with Crippen LogP contribution in [0.5, 0.6) is 5.75 Å². The second-order valence-electron chi connectivity index (χ2n) is 7.41. The molecule has 7 nitrogen and oxygen atoms in total. The number of benzene rings is 1. The van der Waals surface area contributed by atoms with E-state index >= 15 is 0 Å². The minimum atomic E-state index is -3.04. The van der Waals surface area contributed by atoms with Crippen LogP contribution in [0.2, 0.25) is 0 Å². The zero-order valence-corrected chi connectivity index (χ0v) is 17.5. The van der Waals surface area contributed by atoms with Gasteiger partial charge in [0.1, 0.15) is 11.6 Å². The minimum Gasteiger partial charge on any atom is -0.491 e. The van der Waals surface area contributed by atoms with Crippen LogP contribution in [-0.2, 0) is 21.3 Å². The number of sulfone groups is 1. The van der Waals surface area contributed by atoms with Crippen LogP contribution in [0.3, 0.4) is 0 Å². The first-order valence-corrected chi connectivity index (χ1v) is 12.3. The molecule has 4 rings (SSSR count). The molecule has 150 valence electrons. The number of hydrogen-bond donors (Lipinski definition) is 1. The smallest absolute Gasteiger partial charge is 0.256 e. The van der Waals surface area contributed by atoms with Gasteiger partial charge in [-0.3, -0.25) is 4.79 Å². The predicted molar refractivity (Wildman–Crippen MR) is 110 cm³/mol. The Bertz CT molecular complexity index is 997. The minimum absolute atomic E-state index is 0.0665. The van der Waals surface area contributed by atoms with Gasteiger partial charge in [-0.1, -0.05) is 0 Å². The number of carbonyl (C=O) groups excluding carboxylic acids is 1. The number of ether oxygens (including phenoxy) is 1. The van der Waals surface area contributed by atoms with Crippen molar-refractivity contribution in [3.8, 4) is 5.75 Å². The molecule has 1 aromatic carbocycles. The number of amides is 1.